The molecule has 0 amide bonds. The highest BCUT2D eigenvalue weighted by atomic mass is 16.5. The second-order valence-corrected chi connectivity index (χ2v) is 4.54. The molecule has 1 unspecified atom stereocenters. The van der Waals surface area contributed by atoms with Gasteiger partial charge in [0.2, 0.25) is 0 Å². The highest BCUT2D eigenvalue weighted by Gasteiger charge is 2.26. The Bertz CT molecular complexity index is 153. The van der Waals surface area contributed by atoms with Crippen LogP contribution in [0, 0.1) is 5.92 Å². The minimum atomic E-state index is -0.558. The first kappa shape index (κ1) is 12.0. The lowest BCUT2D eigenvalue weighted by atomic mass is 9.87. The standard InChI is InChI=1S/C11H23NO2/c1-3-12-9-11(2,13)8-10-4-6-14-7-5-10/h10,12-13H,3-9H2,1-2H3. The van der Waals surface area contributed by atoms with Gasteiger partial charge in [-0.15, -0.1) is 0 Å². The molecular formula is C11H23NO2. The maximum Gasteiger partial charge on any atom is 0.0746 e. The van der Waals surface area contributed by atoms with Gasteiger partial charge in [-0.1, -0.05) is 6.92 Å². The molecule has 0 spiro atoms. The van der Waals surface area contributed by atoms with Crippen LogP contribution in [0.25, 0.3) is 0 Å². The van der Waals surface area contributed by atoms with Gasteiger partial charge in [0.1, 0.15) is 0 Å². The molecule has 1 fully saturated rings. The van der Waals surface area contributed by atoms with Gasteiger partial charge >= 0.3 is 0 Å². The van der Waals surface area contributed by atoms with Crippen molar-refractivity contribution < 1.29 is 9.84 Å². The molecule has 14 heavy (non-hydrogen) atoms. The zero-order chi connectivity index (χ0) is 10.4. The monoisotopic (exact) mass is 201 g/mol. The van der Waals surface area contributed by atoms with Crippen molar-refractivity contribution in [3.63, 3.8) is 0 Å². The predicted octanol–water partition coefficient (Wildman–Crippen LogP) is 1.16. The fourth-order valence-electron chi connectivity index (χ4n) is 2.04. The van der Waals surface area contributed by atoms with Crippen LogP contribution in [-0.2, 0) is 4.74 Å². The molecule has 0 radical (unpaired) electrons. The summed E-state index contributed by atoms with van der Waals surface area (Å²) in [6, 6.07) is 0. The van der Waals surface area contributed by atoms with Crippen LogP contribution in [0.15, 0.2) is 0 Å². The maximum absolute atomic E-state index is 10.1. The molecule has 1 rings (SSSR count). The van der Waals surface area contributed by atoms with Gasteiger partial charge in [-0.05, 0) is 38.6 Å². The average molecular weight is 201 g/mol. The minimum absolute atomic E-state index is 0.558. The number of rotatable bonds is 5. The molecule has 84 valence electrons. The smallest absolute Gasteiger partial charge is 0.0746 e. The molecule has 0 aromatic heterocycles. The Morgan fingerprint density at radius 3 is 2.64 bits per heavy atom. The normalized spacial score (nSPS) is 23.4. The van der Waals surface area contributed by atoms with Crippen molar-refractivity contribution in [1.29, 1.82) is 0 Å². The van der Waals surface area contributed by atoms with E-state index in [1.54, 1.807) is 0 Å². The van der Waals surface area contributed by atoms with Crippen molar-refractivity contribution in [2.45, 2.75) is 38.7 Å². The lowest BCUT2D eigenvalue weighted by molar-refractivity contribution is 0.000963. The number of hydrogen-bond acceptors (Lipinski definition) is 3. The van der Waals surface area contributed by atoms with E-state index in [0.29, 0.717) is 12.5 Å². The van der Waals surface area contributed by atoms with Gasteiger partial charge in [-0.3, -0.25) is 0 Å². The average Bonchev–Trinajstić information content (AvgIpc) is 2.16. The van der Waals surface area contributed by atoms with E-state index in [0.717, 1.165) is 39.0 Å². The van der Waals surface area contributed by atoms with Crippen LogP contribution in [0.4, 0.5) is 0 Å². The molecular weight excluding hydrogens is 178 g/mol. The Balaban J connectivity index is 2.25. The molecule has 3 nitrogen and oxygen atoms in total. The van der Waals surface area contributed by atoms with Gasteiger partial charge in [0.25, 0.3) is 0 Å². The molecule has 2 N–H and O–H groups in total. The summed E-state index contributed by atoms with van der Waals surface area (Å²) in [5.41, 5.74) is -0.558. The molecule has 1 aliphatic heterocycles. The van der Waals surface area contributed by atoms with Gasteiger partial charge in [-0.25, -0.2) is 0 Å². The summed E-state index contributed by atoms with van der Waals surface area (Å²) in [6.45, 7) is 7.32. The maximum atomic E-state index is 10.1. The molecule has 1 saturated heterocycles. The third-order valence-electron chi connectivity index (χ3n) is 2.83. The predicted molar refractivity (Wildman–Crippen MR) is 57.3 cm³/mol. The number of hydrogen-bond donors (Lipinski definition) is 2. The number of likely N-dealkylation sites (N-methyl/N-ethyl adjacent to an activating group) is 1. The third kappa shape index (κ3) is 4.40. The van der Waals surface area contributed by atoms with Crippen LogP contribution < -0.4 is 5.32 Å². The summed E-state index contributed by atoms with van der Waals surface area (Å²) >= 11 is 0. The quantitative estimate of drug-likeness (QED) is 0.701. The SMILES string of the molecule is CCNCC(C)(O)CC1CCOCC1. The Morgan fingerprint density at radius 1 is 1.43 bits per heavy atom. The molecule has 0 bridgehead atoms. The van der Waals surface area contributed by atoms with E-state index in [2.05, 4.69) is 12.2 Å². The van der Waals surface area contributed by atoms with Crippen molar-refractivity contribution in [1.82, 2.24) is 5.32 Å². The Kier molecular flexibility index (Phi) is 4.85. The highest BCUT2D eigenvalue weighted by Crippen LogP contribution is 2.24. The van der Waals surface area contributed by atoms with Gasteiger partial charge in [0.15, 0.2) is 0 Å². The summed E-state index contributed by atoms with van der Waals surface area (Å²) in [5.74, 6) is 0.636. The van der Waals surface area contributed by atoms with Crippen molar-refractivity contribution in [3.05, 3.63) is 0 Å². The summed E-state index contributed by atoms with van der Waals surface area (Å²) in [7, 11) is 0. The van der Waals surface area contributed by atoms with Gasteiger partial charge < -0.3 is 15.2 Å². The van der Waals surface area contributed by atoms with Crippen molar-refractivity contribution >= 4 is 0 Å². The number of nitrogens with one attached hydrogen (secondary N) is 1. The number of ether oxygens (including phenoxy) is 1. The van der Waals surface area contributed by atoms with E-state index < -0.39 is 5.60 Å². The summed E-state index contributed by atoms with van der Waals surface area (Å²) < 4.78 is 5.30. The third-order valence-corrected chi connectivity index (χ3v) is 2.83. The molecule has 1 aliphatic rings. The minimum Gasteiger partial charge on any atom is -0.389 e. The summed E-state index contributed by atoms with van der Waals surface area (Å²) in [6.07, 6.45) is 3.09. The summed E-state index contributed by atoms with van der Waals surface area (Å²) in [5, 5.41) is 13.3. The topological polar surface area (TPSA) is 41.5 Å². The van der Waals surface area contributed by atoms with Gasteiger partial charge in [-0.2, -0.15) is 0 Å². The van der Waals surface area contributed by atoms with Crippen LogP contribution in [0.2, 0.25) is 0 Å². The van der Waals surface area contributed by atoms with E-state index >= 15 is 0 Å². The van der Waals surface area contributed by atoms with Crippen molar-refractivity contribution in [3.8, 4) is 0 Å². The van der Waals surface area contributed by atoms with Crippen molar-refractivity contribution in [2.24, 2.45) is 5.92 Å². The first-order chi connectivity index (χ1) is 6.64. The van der Waals surface area contributed by atoms with Crippen LogP contribution in [0.3, 0.4) is 0 Å². The lowest BCUT2D eigenvalue weighted by Crippen LogP contribution is -2.40. The van der Waals surface area contributed by atoms with Crippen LogP contribution >= 0.6 is 0 Å². The second kappa shape index (κ2) is 5.69. The summed E-state index contributed by atoms with van der Waals surface area (Å²) in [4.78, 5) is 0. The first-order valence-electron chi connectivity index (χ1n) is 5.65. The van der Waals surface area contributed by atoms with Crippen LogP contribution in [0.1, 0.15) is 33.1 Å². The zero-order valence-corrected chi connectivity index (χ0v) is 9.38. The van der Waals surface area contributed by atoms with Gasteiger partial charge in [0, 0.05) is 19.8 Å². The van der Waals surface area contributed by atoms with E-state index in [1.165, 1.54) is 0 Å². The Morgan fingerprint density at radius 2 is 2.07 bits per heavy atom. The molecule has 1 atom stereocenters. The van der Waals surface area contributed by atoms with E-state index in [1.807, 2.05) is 6.92 Å². The number of aliphatic hydroxyl groups is 1. The molecule has 0 saturated carbocycles. The van der Waals surface area contributed by atoms with Crippen LogP contribution in [-0.4, -0.2) is 37.0 Å². The fourth-order valence-corrected chi connectivity index (χ4v) is 2.04. The first-order valence-corrected chi connectivity index (χ1v) is 5.65. The largest absolute Gasteiger partial charge is 0.389 e. The zero-order valence-electron chi connectivity index (χ0n) is 9.38. The molecule has 3 heteroatoms. The lowest BCUT2D eigenvalue weighted by Gasteiger charge is -2.30. The van der Waals surface area contributed by atoms with Crippen LogP contribution in [0.5, 0.6) is 0 Å². The van der Waals surface area contributed by atoms with E-state index in [-0.39, 0.29) is 0 Å². The molecule has 1 heterocycles. The van der Waals surface area contributed by atoms with Crippen molar-refractivity contribution in [2.75, 3.05) is 26.3 Å². The Hall–Kier alpha value is -0.120. The molecule has 0 aliphatic carbocycles. The molecule has 0 aromatic carbocycles. The Labute approximate surface area is 86.8 Å². The fraction of sp³-hybridized carbons (Fsp3) is 1.00. The van der Waals surface area contributed by atoms with E-state index in [4.69, 9.17) is 4.74 Å². The van der Waals surface area contributed by atoms with Gasteiger partial charge in [0.05, 0.1) is 5.60 Å². The molecule has 0 aromatic rings. The second-order valence-electron chi connectivity index (χ2n) is 4.54. The van der Waals surface area contributed by atoms with E-state index in [9.17, 15) is 5.11 Å². The highest BCUT2D eigenvalue weighted by molar-refractivity contribution is 4.80.